The molecule has 0 saturated carbocycles. The minimum absolute atomic E-state index is 0.479. The molecule has 2 rings (SSSR count). The highest BCUT2D eigenvalue weighted by Crippen LogP contribution is 2.28. The quantitative estimate of drug-likeness (QED) is 0.687. The molecule has 0 unspecified atom stereocenters. The fourth-order valence-corrected chi connectivity index (χ4v) is 3.89. The fraction of sp³-hybridized carbons (Fsp3) is 0.471. The lowest BCUT2D eigenvalue weighted by Gasteiger charge is -2.05. The molecule has 0 atom stereocenters. The van der Waals surface area contributed by atoms with Crippen LogP contribution in [-0.2, 0) is 13.0 Å². The van der Waals surface area contributed by atoms with Gasteiger partial charge in [0.05, 0.1) is 10.7 Å². The highest BCUT2D eigenvalue weighted by molar-refractivity contribution is 9.10. The molecule has 1 aromatic carbocycles. The van der Waals surface area contributed by atoms with Crippen LogP contribution in [0.3, 0.4) is 0 Å². The molecule has 0 aliphatic rings. The summed E-state index contributed by atoms with van der Waals surface area (Å²) in [5.74, 6) is 0.479. The number of aromatic nitrogens is 1. The normalized spacial score (nSPS) is 11.3. The Labute approximate surface area is 140 Å². The summed E-state index contributed by atoms with van der Waals surface area (Å²) in [7, 11) is 0. The smallest absolute Gasteiger partial charge is 0.0975 e. The van der Waals surface area contributed by atoms with Crippen LogP contribution in [0.1, 0.15) is 54.3 Å². The first-order valence-electron chi connectivity index (χ1n) is 7.54. The number of benzene rings is 1. The molecule has 0 spiro atoms. The third kappa shape index (κ3) is 4.63. The van der Waals surface area contributed by atoms with Gasteiger partial charge in [-0.3, -0.25) is 0 Å². The van der Waals surface area contributed by atoms with Crippen molar-refractivity contribution >= 4 is 27.3 Å². The summed E-state index contributed by atoms with van der Waals surface area (Å²) >= 11 is 5.47. The van der Waals surface area contributed by atoms with Gasteiger partial charge in [0.1, 0.15) is 0 Å². The van der Waals surface area contributed by atoms with Gasteiger partial charge in [-0.15, -0.1) is 11.3 Å². The number of nitrogens with one attached hydrogen (secondary N) is 1. The zero-order valence-corrected chi connectivity index (χ0v) is 15.4. The third-order valence-corrected chi connectivity index (χ3v) is 5.18. The molecule has 0 aliphatic carbocycles. The van der Waals surface area contributed by atoms with E-state index in [2.05, 4.69) is 66.3 Å². The number of nitrogens with zero attached hydrogens (tertiary/aromatic N) is 1. The van der Waals surface area contributed by atoms with Crippen LogP contribution in [0.15, 0.2) is 28.7 Å². The first-order valence-corrected chi connectivity index (χ1v) is 9.15. The summed E-state index contributed by atoms with van der Waals surface area (Å²) in [6.07, 6.45) is 2.07. The van der Waals surface area contributed by atoms with Crippen LogP contribution < -0.4 is 5.32 Å². The number of hydrogen-bond acceptors (Lipinski definition) is 3. The maximum atomic E-state index is 4.88. The van der Waals surface area contributed by atoms with E-state index in [0.29, 0.717) is 5.92 Å². The molecule has 4 heteroatoms. The molecule has 2 nitrogen and oxygen atoms in total. The molecule has 0 amide bonds. The highest BCUT2D eigenvalue weighted by Gasteiger charge is 2.14. The molecule has 1 N–H and O–H groups in total. The Morgan fingerprint density at radius 1 is 1.29 bits per heavy atom. The van der Waals surface area contributed by atoms with Gasteiger partial charge in [-0.2, -0.15) is 0 Å². The topological polar surface area (TPSA) is 24.9 Å². The highest BCUT2D eigenvalue weighted by atomic mass is 79.9. The number of hydrogen-bond donors (Lipinski definition) is 1. The van der Waals surface area contributed by atoms with Gasteiger partial charge < -0.3 is 5.32 Å². The molecule has 1 aromatic heterocycles. The van der Waals surface area contributed by atoms with E-state index in [1.54, 1.807) is 0 Å². The fourth-order valence-electron chi connectivity index (χ4n) is 2.25. The van der Waals surface area contributed by atoms with Crippen LogP contribution in [0.25, 0.3) is 0 Å². The average molecular weight is 367 g/mol. The van der Waals surface area contributed by atoms with Gasteiger partial charge in [0.25, 0.3) is 0 Å². The van der Waals surface area contributed by atoms with E-state index in [-0.39, 0.29) is 0 Å². The van der Waals surface area contributed by atoms with Crippen molar-refractivity contribution in [3.8, 4) is 0 Å². The molecule has 21 heavy (non-hydrogen) atoms. The van der Waals surface area contributed by atoms with E-state index >= 15 is 0 Å². The Balaban J connectivity index is 2.17. The third-order valence-electron chi connectivity index (χ3n) is 3.33. The number of rotatable bonds is 7. The average Bonchev–Trinajstić information content (AvgIpc) is 2.85. The second-order valence-corrected chi connectivity index (χ2v) is 7.54. The maximum absolute atomic E-state index is 4.88. The molecule has 0 saturated heterocycles. The van der Waals surface area contributed by atoms with Gasteiger partial charge >= 0.3 is 0 Å². The molecule has 0 aliphatic heterocycles. The zero-order chi connectivity index (χ0) is 15.2. The van der Waals surface area contributed by atoms with Crippen molar-refractivity contribution in [2.45, 2.75) is 46.1 Å². The Hall–Kier alpha value is -0.710. The van der Waals surface area contributed by atoms with E-state index in [0.717, 1.165) is 24.0 Å². The maximum Gasteiger partial charge on any atom is 0.0975 e. The second kappa shape index (κ2) is 8.06. The van der Waals surface area contributed by atoms with Crippen LogP contribution in [0.2, 0.25) is 0 Å². The van der Waals surface area contributed by atoms with Crippen molar-refractivity contribution in [3.05, 3.63) is 49.9 Å². The van der Waals surface area contributed by atoms with E-state index in [4.69, 9.17) is 4.98 Å². The number of thiazole rings is 1. The van der Waals surface area contributed by atoms with Crippen molar-refractivity contribution in [1.82, 2.24) is 10.3 Å². The predicted molar refractivity (Wildman–Crippen MR) is 95.1 cm³/mol. The van der Waals surface area contributed by atoms with Gasteiger partial charge in [-0.25, -0.2) is 4.98 Å². The van der Waals surface area contributed by atoms with Gasteiger partial charge in [0.15, 0.2) is 0 Å². The molecule has 2 aromatic rings. The molecular weight excluding hydrogens is 344 g/mol. The molecule has 0 bridgehead atoms. The lowest BCUT2D eigenvalue weighted by Crippen LogP contribution is -2.14. The molecular formula is C17H23BrN2S. The first kappa shape index (κ1) is 16.7. The predicted octanol–water partition coefficient (Wildman–Crippen LogP) is 5.12. The molecule has 0 radical (unpaired) electrons. The van der Waals surface area contributed by atoms with E-state index in [1.165, 1.54) is 27.6 Å². The molecule has 0 fully saturated rings. The minimum atomic E-state index is 0.479. The van der Waals surface area contributed by atoms with Crippen molar-refractivity contribution in [2.24, 2.45) is 0 Å². The van der Waals surface area contributed by atoms with Crippen LogP contribution in [0.4, 0.5) is 0 Å². The summed E-state index contributed by atoms with van der Waals surface area (Å²) in [6, 6.07) is 8.39. The minimum Gasteiger partial charge on any atom is -0.312 e. The van der Waals surface area contributed by atoms with E-state index < -0.39 is 0 Å². The summed E-state index contributed by atoms with van der Waals surface area (Å²) in [5.41, 5.74) is 2.56. The Bertz CT molecular complexity index is 578. The van der Waals surface area contributed by atoms with Crippen LogP contribution in [-0.4, -0.2) is 11.5 Å². The molecule has 1 heterocycles. The van der Waals surface area contributed by atoms with E-state index in [1.807, 2.05) is 11.3 Å². The van der Waals surface area contributed by atoms with Gasteiger partial charge in [0.2, 0.25) is 0 Å². The second-order valence-electron chi connectivity index (χ2n) is 5.52. The van der Waals surface area contributed by atoms with Crippen LogP contribution >= 0.6 is 27.3 Å². The lowest BCUT2D eigenvalue weighted by molar-refractivity contribution is 0.670. The van der Waals surface area contributed by atoms with Crippen molar-refractivity contribution in [1.29, 1.82) is 0 Å². The van der Waals surface area contributed by atoms with E-state index in [9.17, 15) is 0 Å². The standard InChI is InChI=1S/C17H23BrN2S/c1-4-9-19-11-15-17(12(2)3)20-16(21-15)10-13-7-5-6-8-14(13)18/h5-8,12,19H,4,9-11H2,1-3H3. The SMILES string of the molecule is CCCNCc1sc(Cc2ccccc2Br)nc1C(C)C. The first-order chi connectivity index (χ1) is 10.1. The summed E-state index contributed by atoms with van der Waals surface area (Å²) in [6.45, 7) is 8.65. The summed E-state index contributed by atoms with van der Waals surface area (Å²) in [5, 5.41) is 4.70. The Morgan fingerprint density at radius 2 is 2.05 bits per heavy atom. The lowest BCUT2D eigenvalue weighted by atomic mass is 10.1. The number of halogens is 1. The molecule has 114 valence electrons. The van der Waals surface area contributed by atoms with Crippen molar-refractivity contribution in [2.75, 3.05) is 6.54 Å². The van der Waals surface area contributed by atoms with Crippen LogP contribution in [0, 0.1) is 0 Å². The largest absolute Gasteiger partial charge is 0.312 e. The van der Waals surface area contributed by atoms with Crippen LogP contribution in [0.5, 0.6) is 0 Å². The van der Waals surface area contributed by atoms with Crippen molar-refractivity contribution in [3.63, 3.8) is 0 Å². The summed E-state index contributed by atoms with van der Waals surface area (Å²) in [4.78, 5) is 6.27. The Morgan fingerprint density at radius 3 is 2.71 bits per heavy atom. The monoisotopic (exact) mass is 366 g/mol. The van der Waals surface area contributed by atoms with Gasteiger partial charge in [0, 0.05) is 22.3 Å². The van der Waals surface area contributed by atoms with Crippen molar-refractivity contribution < 1.29 is 0 Å². The zero-order valence-electron chi connectivity index (χ0n) is 12.9. The summed E-state index contributed by atoms with van der Waals surface area (Å²) < 4.78 is 1.16. The Kier molecular flexibility index (Phi) is 6.40. The van der Waals surface area contributed by atoms with Gasteiger partial charge in [-0.05, 0) is 30.5 Å². The van der Waals surface area contributed by atoms with Gasteiger partial charge in [-0.1, -0.05) is 54.9 Å².